The predicted octanol–water partition coefficient (Wildman–Crippen LogP) is 2.79. The number of allylic oxidation sites excluding steroid dienone is 1. The van der Waals surface area contributed by atoms with Crippen molar-refractivity contribution in [2.75, 3.05) is 0 Å². The van der Waals surface area contributed by atoms with Crippen molar-refractivity contribution in [3.05, 3.63) is 10.6 Å². The standard InChI is InChI=1S/C3H3Cl2.2CH3.Sn.H/c1-3(5)2-4;;;;/h2H,1H2;2*1H3;;. The quantitative estimate of drug-likeness (QED) is 0.669. The minimum absolute atomic E-state index is 0.831. The molecule has 8 heavy (non-hydrogen) atoms. The molecular weight excluding hydrogens is 250 g/mol. The predicted molar refractivity (Wildman–Crippen MR) is 43.5 cm³/mol. The van der Waals surface area contributed by atoms with Crippen LogP contribution in [0.4, 0.5) is 0 Å². The summed E-state index contributed by atoms with van der Waals surface area (Å²) in [6, 6.07) is 0. The van der Waals surface area contributed by atoms with Crippen molar-refractivity contribution in [1.82, 2.24) is 0 Å². The van der Waals surface area contributed by atoms with Crippen molar-refractivity contribution in [1.29, 1.82) is 0 Å². The monoisotopic (exact) mass is 260 g/mol. The van der Waals surface area contributed by atoms with Crippen LogP contribution < -0.4 is 0 Å². The third-order valence-electron chi connectivity index (χ3n) is 0.722. The van der Waals surface area contributed by atoms with Gasteiger partial charge in [0.2, 0.25) is 0 Å². The van der Waals surface area contributed by atoms with E-state index in [0.717, 1.165) is 9.47 Å². The van der Waals surface area contributed by atoms with E-state index < -0.39 is 19.8 Å². The summed E-state index contributed by atoms with van der Waals surface area (Å²) < 4.78 is 1.09. The van der Waals surface area contributed by atoms with Crippen molar-refractivity contribution in [3.63, 3.8) is 0 Å². The molecule has 0 nitrogen and oxygen atoms in total. The van der Waals surface area contributed by atoms with Crippen LogP contribution in [-0.4, -0.2) is 19.8 Å². The number of rotatable bonds is 2. The van der Waals surface area contributed by atoms with Crippen molar-refractivity contribution >= 4 is 43.0 Å². The normalized spacial score (nSPS) is 12.9. The van der Waals surface area contributed by atoms with E-state index in [9.17, 15) is 0 Å². The molecule has 48 valence electrons. The Kier molecular flexibility index (Phi) is 5.64. The fourth-order valence-electron chi connectivity index (χ4n) is 0.435. The minimum atomic E-state index is -1.11. The van der Waals surface area contributed by atoms with Gasteiger partial charge in [0.25, 0.3) is 0 Å². The number of hydrogen-bond acceptors (Lipinski definition) is 0. The Hall–Kier alpha value is 1.12. The molecule has 0 saturated carbocycles. The van der Waals surface area contributed by atoms with Gasteiger partial charge in [0.05, 0.1) is 0 Å². The molecule has 0 bridgehead atoms. The average molecular weight is 260 g/mol. The molecule has 0 aromatic heterocycles. The van der Waals surface area contributed by atoms with Crippen molar-refractivity contribution < 1.29 is 0 Å². The van der Waals surface area contributed by atoms with Crippen LogP contribution in [0.5, 0.6) is 0 Å². The van der Waals surface area contributed by atoms with Gasteiger partial charge in [-0.2, -0.15) is 0 Å². The zero-order chi connectivity index (χ0) is 6.57. The van der Waals surface area contributed by atoms with E-state index >= 15 is 0 Å². The summed E-state index contributed by atoms with van der Waals surface area (Å²) in [6.45, 7) is 0. The zero-order valence-electron chi connectivity index (χ0n) is 5.12. The molecule has 0 aliphatic heterocycles. The fourth-order valence-corrected chi connectivity index (χ4v) is 5.58. The molecule has 0 unspecified atom stereocenters. The maximum absolute atomic E-state index is 5.64. The second-order valence-corrected chi connectivity index (χ2v) is 12.0. The molecule has 0 N–H and O–H groups in total. The molecule has 0 spiro atoms. The van der Waals surface area contributed by atoms with Crippen LogP contribution in [0.3, 0.4) is 0 Å². The number of hydrogen-bond donors (Lipinski definition) is 0. The molecule has 0 saturated heterocycles. The van der Waals surface area contributed by atoms with Gasteiger partial charge in [-0.05, 0) is 0 Å². The van der Waals surface area contributed by atoms with Gasteiger partial charge >= 0.3 is 67.8 Å². The topological polar surface area (TPSA) is 0 Å². The van der Waals surface area contributed by atoms with E-state index in [-0.39, 0.29) is 0 Å². The summed E-state index contributed by atoms with van der Waals surface area (Å²) >= 11 is 9.87. The van der Waals surface area contributed by atoms with Gasteiger partial charge in [0, 0.05) is 0 Å². The summed E-state index contributed by atoms with van der Waals surface area (Å²) in [4.78, 5) is 4.62. The SMILES string of the molecule is [CH3][SnH]([CH3])[CH2]C(Cl)=CCl. The first-order chi connectivity index (χ1) is 3.66. The van der Waals surface area contributed by atoms with E-state index in [4.69, 9.17) is 23.2 Å². The molecule has 0 atom stereocenters. The second-order valence-electron chi connectivity index (χ2n) is 2.15. The first-order valence-corrected chi connectivity index (χ1v) is 12.3. The van der Waals surface area contributed by atoms with Crippen LogP contribution in [0.2, 0.25) is 14.3 Å². The molecule has 0 aromatic rings. The molecule has 0 radical (unpaired) electrons. The molecule has 0 heterocycles. The Bertz CT molecular complexity index is 88.4. The molecule has 0 fully saturated rings. The Morgan fingerprint density at radius 1 is 1.62 bits per heavy atom. The fraction of sp³-hybridized carbons (Fsp3) is 0.600. The van der Waals surface area contributed by atoms with Crippen molar-refractivity contribution in [2.24, 2.45) is 0 Å². The van der Waals surface area contributed by atoms with Crippen molar-refractivity contribution in [3.8, 4) is 0 Å². The first-order valence-electron chi connectivity index (χ1n) is 2.61. The van der Waals surface area contributed by atoms with Crippen LogP contribution in [0.15, 0.2) is 10.6 Å². The van der Waals surface area contributed by atoms with E-state index in [0.29, 0.717) is 0 Å². The summed E-state index contributed by atoms with van der Waals surface area (Å²) in [5.74, 6) is 0. The van der Waals surface area contributed by atoms with E-state index in [1.165, 1.54) is 5.54 Å². The maximum atomic E-state index is 5.64. The summed E-state index contributed by atoms with van der Waals surface area (Å²) in [5, 5.41) is 0.831. The third kappa shape index (κ3) is 5.26. The third-order valence-corrected chi connectivity index (χ3v) is 5.68. The zero-order valence-corrected chi connectivity index (χ0v) is 9.93. The van der Waals surface area contributed by atoms with Gasteiger partial charge in [-0.15, -0.1) is 0 Å². The van der Waals surface area contributed by atoms with Crippen LogP contribution in [0.25, 0.3) is 0 Å². The van der Waals surface area contributed by atoms with E-state index in [1.54, 1.807) is 0 Å². The van der Waals surface area contributed by atoms with Gasteiger partial charge < -0.3 is 0 Å². The summed E-state index contributed by atoms with van der Waals surface area (Å²) in [6.07, 6.45) is 0. The Morgan fingerprint density at radius 2 is 2.12 bits per heavy atom. The Balaban J connectivity index is 3.39. The van der Waals surface area contributed by atoms with Gasteiger partial charge in [0.15, 0.2) is 0 Å². The first kappa shape index (κ1) is 9.12. The molecule has 0 aromatic carbocycles. The van der Waals surface area contributed by atoms with Crippen LogP contribution >= 0.6 is 23.2 Å². The number of halogens is 2. The van der Waals surface area contributed by atoms with Gasteiger partial charge in [0.1, 0.15) is 0 Å². The molecule has 0 amide bonds. The van der Waals surface area contributed by atoms with E-state index in [2.05, 4.69) is 9.88 Å². The molecular formula is C5H10Cl2Sn. The second kappa shape index (κ2) is 4.95. The van der Waals surface area contributed by atoms with Gasteiger partial charge in [-0.1, -0.05) is 0 Å². The van der Waals surface area contributed by atoms with Crippen molar-refractivity contribution in [2.45, 2.75) is 14.3 Å². The summed E-state index contributed by atoms with van der Waals surface area (Å²) in [5.41, 5.74) is 1.47. The van der Waals surface area contributed by atoms with E-state index in [1.807, 2.05) is 0 Å². The Labute approximate surface area is 67.6 Å². The molecule has 3 heteroatoms. The molecule has 0 rings (SSSR count). The molecule has 0 aliphatic rings. The Morgan fingerprint density at radius 3 is 2.25 bits per heavy atom. The molecule has 0 aliphatic carbocycles. The van der Waals surface area contributed by atoms with Crippen LogP contribution in [-0.2, 0) is 0 Å². The van der Waals surface area contributed by atoms with Gasteiger partial charge in [-0.25, -0.2) is 0 Å². The summed E-state index contributed by atoms with van der Waals surface area (Å²) in [7, 11) is 0. The van der Waals surface area contributed by atoms with Crippen LogP contribution in [0.1, 0.15) is 0 Å². The van der Waals surface area contributed by atoms with Crippen LogP contribution in [0, 0.1) is 0 Å². The van der Waals surface area contributed by atoms with Gasteiger partial charge in [-0.3, -0.25) is 0 Å². The average Bonchev–Trinajstić information content (AvgIpc) is 1.65.